The van der Waals surface area contributed by atoms with Gasteiger partial charge in [-0.3, -0.25) is 4.79 Å². The predicted molar refractivity (Wildman–Crippen MR) is 118 cm³/mol. The number of carboxylic acids is 1. The monoisotopic (exact) mass is 387 g/mol. The van der Waals surface area contributed by atoms with Gasteiger partial charge in [0.1, 0.15) is 0 Å². The first-order chi connectivity index (χ1) is 14.1. The van der Waals surface area contributed by atoms with Gasteiger partial charge in [-0.15, -0.1) is 0 Å². The molecule has 0 spiro atoms. The van der Waals surface area contributed by atoms with E-state index in [1.165, 1.54) is 34.7 Å². The van der Waals surface area contributed by atoms with Crippen LogP contribution in [0.15, 0.2) is 66.7 Å². The zero-order valence-corrected chi connectivity index (χ0v) is 17.0. The van der Waals surface area contributed by atoms with Crippen molar-refractivity contribution in [3.05, 3.63) is 83.4 Å². The van der Waals surface area contributed by atoms with Gasteiger partial charge in [-0.1, -0.05) is 66.7 Å². The Morgan fingerprint density at radius 1 is 1.07 bits per heavy atom. The summed E-state index contributed by atoms with van der Waals surface area (Å²) in [4.78, 5) is 10.8. The highest BCUT2D eigenvalue weighted by Gasteiger charge is 2.27. The molecule has 3 aromatic rings. The maximum absolute atomic E-state index is 10.8. The number of fused-ring (bicyclic) bond motifs is 1. The number of hydrogen-bond acceptors (Lipinski definition) is 2. The fourth-order valence-electron chi connectivity index (χ4n) is 4.76. The zero-order valence-electron chi connectivity index (χ0n) is 17.0. The van der Waals surface area contributed by atoms with Crippen LogP contribution >= 0.6 is 0 Å². The molecule has 2 N–H and O–H groups in total. The van der Waals surface area contributed by atoms with E-state index >= 15 is 0 Å². The van der Waals surface area contributed by atoms with Crippen molar-refractivity contribution in [3.63, 3.8) is 0 Å². The first-order valence-electron chi connectivity index (χ1n) is 10.6. The van der Waals surface area contributed by atoms with Crippen LogP contribution in [0, 0.1) is 0 Å². The van der Waals surface area contributed by atoms with Crippen molar-refractivity contribution in [2.45, 2.75) is 57.0 Å². The molecule has 0 heterocycles. The van der Waals surface area contributed by atoms with Crippen molar-refractivity contribution >= 4 is 16.7 Å². The van der Waals surface area contributed by atoms with Crippen molar-refractivity contribution in [3.8, 4) is 0 Å². The average molecular weight is 388 g/mol. The van der Waals surface area contributed by atoms with Crippen LogP contribution in [0.5, 0.6) is 0 Å². The summed E-state index contributed by atoms with van der Waals surface area (Å²) in [6.07, 6.45) is 4.30. The first-order valence-corrected chi connectivity index (χ1v) is 10.6. The number of aliphatic carboxylic acids is 1. The Balaban J connectivity index is 1.41. The van der Waals surface area contributed by atoms with Crippen LogP contribution < -0.4 is 5.32 Å². The Morgan fingerprint density at radius 3 is 2.72 bits per heavy atom. The molecule has 1 aliphatic carbocycles. The van der Waals surface area contributed by atoms with Crippen molar-refractivity contribution in [2.75, 3.05) is 0 Å². The SMILES string of the molecule is C[C@@H](NC1CCC(c2cccc(CCC(=O)O)c2)C1)c1cccc2ccccc12. The minimum atomic E-state index is -0.733. The number of aryl methyl sites for hydroxylation is 1. The second-order valence-corrected chi connectivity index (χ2v) is 8.30. The topological polar surface area (TPSA) is 49.3 Å². The summed E-state index contributed by atoms with van der Waals surface area (Å²) >= 11 is 0. The Kier molecular flexibility index (Phi) is 5.96. The fraction of sp³-hybridized carbons (Fsp3) is 0.346. The molecule has 0 saturated heterocycles. The Bertz CT molecular complexity index is 991. The predicted octanol–water partition coefficient (Wildman–Crippen LogP) is 5.84. The molecule has 3 atom stereocenters. The molecule has 0 aromatic heterocycles. The van der Waals surface area contributed by atoms with Gasteiger partial charge in [0.05, 0.1) is 0 Å². The lowest BCUT2D eigenvalue weighted by atomic mass is 9.94. The Labute approximate surface area is 172 Å². The third-order valence-electron chi connectivity index (χ3n) is 6.26. The van der Waals surface area contributed by atoms with E-state index in [2.05, 4.69) is 72.9 Å². The number of carboxylic acid groups (broad SMARTS) is 1. The molecule has 4 rings (SSSR count). The maximum atomic E-state index is 10.8. The summed E-state index contributed by atoms with van der Waals surface area (Å²) in [5, 5.41) is 15.4. The van der Waals surface area contributed by atoms with Crippen LogP contribution in [0.4, 0.5) is 0 Å². The lowest BCUT2D eigenvalue weighted by Crippen LogP contribution is -2.29. The van der Waals surface area contributed by atoms with Gasteiger partial charge in [-0.05, 0) is 66.0 Å². The highest BCUT2D eigenvalue weighted by atomic mass is 16.4. The zero-order chi connectivity index (χ0) is 20.2. The normalized spacial score (nSPS) is 20.0. The van der Waals surface area contributed by atoms with Gasteiger partial charge in [0.2, 0.25) is 0 Å². The van der Waals surface area contributed by atoms with Gasteiger partial charge in [0, 0.05) is 18.5 Å². The second kappa shape index (κ2) is 8.79. The van der Waals surface area contributed by atoms with Crippen molar-refractivity contribution < 1.29 is 9.90 Å². The first kappa shape index (κ1) is 19.7. The number of carbonyl (C=O) groups is 1. The van der Waals surface area contributed by atoms with E-state index in [0.29, 0.717) is 24.4 Å². The maximum Gasteiger partial charge on any atom is 0.303 e. The molecule has 3 aromatic carbocycles. The smallest absolute Gasteiger partial charge is 0.303 e. The van der Waals surface area contributed by atoms with E-state index < -0.39 is 5.97 Å². The number of benzene rings is 3. The summed E-state index contributed by atoms with van der Waals surface area (Å²) in [5.41, 5.74) is 3.85. The van der Waals surface area contributed by atoms with Gasteiger partial charge in [0.25, 0.3) is 0 Å². The van der Waals surface area contributed by atoms with E-state index in [0.717, 1.165) is 12.0 Å². The lowest BCUT2D eigenvalue weighted by Gasteiger charge is -2.21. The number of hydrogen-bond donors (Lipinski definition) is 2. The average Bonchev–Trinajstić information content (AvgIpc) is 3.20. The molecule has 1 fully saturated rings. The second-order valence-electron chi connectivity index (χ2n) is 8.30. The highest BCUT2D eigenvalue weighted by molar-refractivity contribution is 5.86. The van der Waals surface area contributed by atoms with Crippen LogP contribution in [0.1, 0.15) is 61.3 Å². The van der Waals surface area contributed by atoms with Crippen LogP contribution in [-0.2, 0) is 11.2 Å². The van der Waals surface area contributed by atoms with E-state index in [9.17, 15) is 4.79 Å². The molecule has 3 nitrogen and oxygen atoms in total. The van der Waals surface area contributed by atoms with E-state index in [1.807, 2.05) is 6.07 Å². The largest absolute Gasteiger partial charge is 0.481 e. The van der Waals surface area contributed by atoms with Gasteiger partial charge >= 0.3 is 5.97 Å². The third kappa shape index (κ3) is 4.68. The number of nitrogens with one attached hydrogen (secondary N) is 1. The van der Waals surface area contributed by atoms with Crippen molar-refractivity contribution in [1.29, 1.82) is 0 Å². The molecule has 1 aliphatic rings. The molecular weight excluding hydrogens is 358 g/mol. The van der Waals surface area contributed by atoms with E-state index in [-0.39, 0.29) is 6.42 Å². The molecule has 0 amide bonds. The van der Waals surface area contributed by atoms with Crippen LogP contribution in [0.2, 0.25) is 0 Å². The van der Waals surface area contributed by atoms with E-state index in [4.69, 9.17) is 5.11 Å². The van der Waals surface area contributed by atoms with E-state index in [1.54, 1.807) is 0 Å². The molecule has 29 heavy (non-hydrogen) atoms. The third-order valence-corrected chi connectivity index (χ3v) is 6.26. The molecule has 0 aliphatic heterocycles. The van der Waals surface area contributed by atoms with Crippen molar-refractivity contribution in [2.24, 2.45) is 0 Å². The molecule has 0 radical (unpaired) electrons. The molecule has 0 bridgehead atoms. The van der Waals surface area contributed by atoms with Crippen LogP contribution in [-0.4, -0.2) is 17.1 Å². The Morgan fingerprint density at radius 2 is 1.86 bits per heavy atom. The standard InChI is InChI=1S/C26H29NO2/c1-18(24-11-5-8-20-7-2-3-10-25(20)24)27-23-14-13-22(17-23)21-9-4-6-19(16-21)12-15-26(28)29/h2-11,16,18,22-23,27H,12-15,17H2,1H3,(H,28,29)/t18-,22?,23?/m1/s1. The minimum absolute atomic E-state index is 0.195. The molecule has 1 saturated carbocycles. The summed E-state index contributed by atoms with van der Waals surface area (Å²) in [7, 11) is 0. The summed E-state index contributed by atoms with van der Waals surface area (Å²) in [6, 6.07) is 24.5. The fourth-order valence-corrected chi connectivity index (χ4v) is 4.76. The summed E-state index contributed by atoms with van der Waals surface area (Å²) in [6.45, 7) is 2.27. The molecule has 150 valence electrons. The van der Waals surface area contributed by atoms with Gasteiger partial charge < -0.3 is 10.4 Å². The van der Waals surface area contributed by atoms with Crippen LogP contribution in [0.25, 0.3) is 10.8 Å². The molecular formula is C26H29NO2. The lowest BCUT2D eigenvalue weighted by molar-refractivity contribution is -0.136. The Hall–Kier alpha value is -2.65. The minimum Gasteiger partial charge on any atom is -0.481 e. The highest BCUT2D eigenvalue weighted by Crippen LogP contribution is 2.36. The molecule has 2 unspecified atom stereocenters. The summed E-state index contributed by atoms with van der Waals surface area (Å²) in [5.74, 6) is -0.181. The summed E-state index contributed by atoms with van der Waals surface area (Å²) < 4.78 is 0. The quantitative estimate of drug-likeness (QED) is 0.535. The molecule has 3 heteroatoms. The number of rotatable bonds is 7. The van der Waals surface area contributed by atoms with Gasteiger partial charge in [0.15, 0.2) is 0 Å². The van der Waals surface area contributed by atoms with Crippen molar-refractivity contribution in [1.82, 2.24) is 5.32 Å². The van der Waals surface area contributed by atoms with Gasteiger partial charge in [-0.2, -0.15) is 0 Å². The van der Waals surface area contributed by atoms with Gasteiger partial charge in [-0.25, -0.2) is 0 Å². The van der Waals surface area contributed by atoms with Crippen LogP contribution in [0.3, 0.4) is 0 Å².